The van der Waals surface area contributed by atoms with Gasteiger partial charge in [0.2, 0.25) is 5.91 Å². The van der Waals surface area contributed by atoms with Crippen molar-refractivity contribution in [3.05, 3.63) is 53.6 Å². The summed E-state index contributed by atoms with van der Waals surface area (Å²) < 4.78 is 10.7. The van der Waals surface area contributed by atoms with Crippen LogP contribution in [0.15, 0.2) is 47.6 Å². The highest BCUT2D eigenvalue weighted by atomic mass is 32.2. The summed E-state index contributed by atoms with van der Waals surface area (Å²) in [6.07, 6.45) is 0. The van der Waals surface area contributed by atoms with Crippen molar-refractivity contribution in [2.45, 2.75) is 6.54 Å². The van der Waals surface area contributed by atoms with E-state index in [-0.39, 0.29) is 11.1 Å². The minimum Gasteiger partial charge on any atom is -0.493 e. The van der Waals surface area contributed by atoms with E-state index < -0.39 is 0 Å². The van der Waals surface area contributed by atoms with Gasteiger partial charge in [-0.15, -0.1) is 0 Å². The minimum absolute atomic E-state index is 0.0441. The molecule has 2 aliphatic heterocycles. The molecule has 0 aliphatic carbocycles. The maximum Gasteiger partial charge on any atom is 0.302 e. The van der Waals surface area contributed by atoms with Crippen molar-refractivity contribution in [2.24, 2.45) is 5.10 Å². The van der Waals surface area contributed by atoms with Gasteiger partial charge in [-0.2, -0.15) is 5.10 Å². The van der Waals surface area contributed by atoms with Gasteiger partial charge in [-0.05, 0) is 35.9 Å². The number of rotatable bonds is 8. The lowest BCUT2D eigenvalue weighted by molar-refractivity contribution is -0.117. The van der Waals surface area contributed by atoms with Gasteiger partial charge in [-0.3, -0.25) is 14.5 Å². The monoisotopic (exact) mass is 483 g/mol. The first-order valence-corrected chi connectivity index (χ1v) is 12.1. The highest BCUT2D eigenvalue weighted by Crippen LogP contribution is 2.30. The molecule has 9 nitrogen and oxygen atoms in total. The number of hydrazone groups is 1. The van der Waals surface area contributed by atoms with Gasteiger partial charge < -0.3 is 20.1 Å². The number of carbonyl (C=O) groups is 2. The molecule has 2 amide bonds. The van der Waals surface area contributed by atoms with E-state index >= 15 is 0 Å². The molecule has 1 fully saturated rings. The number of piperazine rings is 1. The fourth-order valence-electron chi connectivity index (χ4n) is 3.87. The van der Waals surface area contributed by atoms with E-state index in [1.54, 1.807) is 14.2 Å². The molecule has 2 heterocycles. The molecule has 2 aliphatic rings. The number of carbonyl (C=O) groups excluding carboxylic acids is 2. The maximum atomic E-state index is 12.5. The van der Waals surface area contributed by atoms with Gasteiger partial charge in [0.25, 0.3) is 0 Å². The van der Waals surface area contributed by atoms with Gasteiger partial charge in [0.05, 0.1) is 33.0 Å². The van der Waals surface area contributed by atoms with Crippen LogP contribution in [-0.4, -0.2) is 79.5 Å². The Morgan fingerprint density at radius 1 is 1.12 bits per heavy atom. The maximum absolute atomic E-state index is 12.5. The van der Waals surface area contributed by atoms with E-state index in [2.05, 4.69) is 20.6 Å². The Kier molecular flexibility index (Phi) is 8.04. The summed E-state index contributed by atoms with van der Waals surface area (Å²) in [5.74, 6) is 1.68. The third kappa shape index (κ3) is 6.07. The van der Waals surface area contributed by atoms with Crippen LogP contribution in [0.4, 0.5) is 10.5 Å². The summed E-state index contributed by atoms with van der Waals surface area (Å²) in [5.41, 5.74) is 3.24. The molecular formula is C24H29N5O4S. The number of nitrogens with zero attached hydrogens (tertiary/aromatic N) is 3. The lowest BCUT2D eigenvalue weighted by Crippen LogP contribution is -2.46. The van der Waals surface area contributed by atoms with E-state index in [0.717, 1.165) is 43.0 Å². The zero-order chi connectivity index (χ0) is 23.9. The molecule has 0 saturated carbocycles. The number of nitrogens with one attached hydrogen (secondary N) is 2. The molecule has 0 radical (unpaired) electrons. The van der Waals surface area contributed by atoms with Crippen LogP contribution in [0, 0.1) is 0 Å². The summed E-state index contributed by atoms with van der Waals surface area (Å²) in [7, 11) is 3.18. The van der Waals surface area contributed by atoms with E-state index in [1.165, 1.54) is 16.8 Å². The number of hydrogen-bond acceptors (Lipinski definition) is 8. The average Bonchev–Trinajstić information content (AvgIpc) is 2.85. The molecule has 1 saturated heterocycles. The van der Waals surface area contributed by atoms with E-state index in [0.29, 0.717) is 36.0 Å². The predicted octanol–water partition coefficient (Wildman–Crippen LogP) is 2.62. The van der Waals surface area contributed by atoms with Crippen molar-refractivity contribution >= 4 is 34.3 Å². The second-order valence-electron chi connectivity index (χ2n) is 8.00. The van der Waals surface area contributed by atoms with Crippen molar-refractivity contribution in [3.63, 3.8) is 0 Å². The smallest absolute Gasteiger partial charge is 0.302 e. The van der Waals surface area contributed by atoms with Gasteiger partial charge in [-0.25, -0.2) is 5.01 Å². The Balaban J connectivity index is 1.44. The standard InChI is InChI=1S/C24H29N5O4S/c1-32-21-7-6-18(13-22(21)33-2)20-16-34-24(31)29(27-20)14-17-4-3-5-19(12-17)26-23(30)15-28-10-8-25-9-11-28/h3-7,12-13,25H,8-11,14-16H2,1-2H3,(H,26,30). The molecule has 0 spiro atoms. The largest absolute Gasteiger partial charge is 0.493 e. The number of amides is 2. The first-order chi connectivity index (χ1) is 16.6. The van der Waals surface area contributed by atoms with Crippen molar-refractivity contribution in [1.29, 1.82) is 0 Å². The summed E-state index contributed by atoms with van der Waals surface area (Å²) in [4.78, 5) is 27.1. The van der Waals surface area contributed by atoms with Crippen molar-refractivity contribution in [2.75, 3.05) is 58.0 Å². The van der Waals surface area contributed by atoms with Gasteiger partial charge in [0.1, 0.15) is 0 Å². The topological polar surface area (TPSA) is 95.5 Å². The van der Waals surface area contributed by atoms with Crippen LogP contribution in [0.2, 0.25) is 0 Å². The van der Waals surface area contributed by atoms with Crippen molar-refractivity contribution in [3.8, 4) is 11.5 Å². The molecule has 10 heteroatoms. The zero-order valence-corrected chi connectivity index (χ0v) is 20.2. The number of thioether (sulfide) groups is 1. The van der Waals surface area contributed by atoms with Crippen molar-refractivity contribution in [1.82, 2.24) is 15.2 Å². The summed E-state index contributed by atoms with van der Waals surface area (Å²) in [6.45, 7) is 4.20. The number of ether oxygens (including phenoxy) is 2. The SMILES string of the molecule is COc1ccc(C2=NN(Cc3cccc(NC(=O)CN4CCNCC4)c3)C(=O)SC2)cc1OC. The lowest BCUT2D eigenvalue weighted by Gasteiger charge is -2.26. The molecule has 2 aromatic carbocycles. The van der Waals surface area contributed by atoms with Gasteiger partial charge >= 0.3 is 5.24 Å². The van der Waals surface area contributed by atoms with E-state index in [9.17, 15) is 9.59 Å². The molecule has 4 rings (SSSR count). The van der Waals surface area contributed by atoms with Gasteiger partial charge in [-0.1, -0.05) is 23.9 Å². The predicted molar refractivity (Wildman–Crippen MR) is 134 cm³/mol. The second-order valence-corrected chi connectivity index (χ2v) is 8.93. The normalized spacial score (nSPS) is 16.7. The quantitative estimate of drug-likeness (QED) is 0.596. The highest BCUT2D eigenvalue weighted by molar-refractivity contribution is 8.14. The van der Waals surface area contributed by atoms with Crippen LogP contribution in [0.5, 0.6) is 11.5 Å². The molecule has 180 valence electrons. The van der Waals surface area contributed by atoms with Crippen LogP contribution in [0.25, 0.3) is 0 Å². The number of anilines is 1. The van der Waals surface area contributed by atoms with Crippen LogP contribution in [-0.2, 0) is 11.3 Å². The van der Waals surface area contributed by atoms with Crippen LogP contribution < -0.4 is 20.1 Å². The second kappa shape index (κ2) is 11.4. The fraction of sp³-hybridized carbons (Fsp3) is 0.375. The van der Waals surface area contributed by atoms with Crippen molar-refractivity contribution < 1.29 is 19.1 Å². The number of hydrogen-bond donors (Lipinski definition) is 2. The Morgan fingerprint density at radius 2 is 1.91 bits per heavy atom. The third-order valence-electron chi connectivity index (χ3n) is 5.62. The first-order valence-electron chi connectivity index (χ1n) is 11.1. The number of benzene rings is 2. The molecule has 0 bridgehead atoms. The molecule has 2 N–H and O–H groups in total. The molecule has 34 heavy (non-hydrogen) atoms. The summed E-state index contributed by atoms with van der Waals surface area (Å²) in [6, 6.07) is 13.1. The van der Waals surface area contributed by atoms with E-state index in [4.69, 9.17) is 9.47 Å². The van der Waals surface area contributed by atoms with Crippen LogP contribution in [0.1, 0.15) is 11.1 Å². The van der Waals surface area contributed by atoms with Gasteiger partial charge in [0.15, 0.2) is 11.5 Å². The molecule has 0 aromatic heterocycles. The number of methoxy groups -OCH3 is 2. The summed E-state index contributed by atoms with van der Waals surface area (Å²) in [5, 5.41) is 12.2. The minimum atomic E-state index is -0.114. The first kappa shape index (κ1) is 24.1. The molecule has 0 atom stereocenters. The lowest BCUT2D eigenvalue weighted by atomic mass is 10.1. The molecule has 2 aromatic rings. The fourth-order valence-corrected chi connectivity index (χ4v) is 4.61. The Hall–Kier alpha value is -3.08. The Labute approximate surface area is 203 Å². The van der Waals surface area contributed by atoms with Crippen LogP contribution in [0.3, 0.4) is 0 Å². The zero-order valence-electron chi connectivity index (χ0n) is 19.4. The molecular weight excluding hydrogens is 454 g/mol. The average molecular weight is 484 g/mol. The molecule has 0 unspecified atom stereocenters. The Morgan fingerprint density at radius 3 is 2.68 bits per heavy atom. The van der Waals surface area contributed by atoms with Crippen LogP contribution >= 0.6 is 11.8 Å². The highest BCUT2D eigenvalue weighted by Gasteiger charge is 2.23. The Bertz CT molecular complexity index is 1070. The third-order valence-corrected chi connectivity index (χ3v) is 6.50. The van der Waals surface area contributed by atoms with E-state index in [1.807, 2.05) is 42.5 Å². The van der Waals surface area contributed by atoms with Gasteiger partial charge in [0, 0.05) is 43.2 Å². The summed E-state index contributed by atoms with van der Waals surface area (Å²) >= 11 is 1.21.